The Balaban J connectivity index is 1.24. The van der Waals surface area contributed by atoms with E-state index in [-0.39, 0.29) is 99.5 Å². The minimum Gasteiger partial charge on any atom is -0.463 e. The van der Waals surface area contributed by atoms with Gasteiger partial charge in [-0.05, 0) is 18.1 Å². The number of nitro benzene ring substituents is 2. The lowest BCUT2D eigenvalue weighted by atomic mass is 10.1. The Morgan fingerprint density at radius 2 is 1.43 bits per heavy atom. The van der Waals surface area contributed by atoms with Gasteiger partial charge in [-0.1, -0.05) is 24.3 Å². The van der Waals surface area contributed by atoms with Gasteiger partial charge in [-0.25, -0.2) is 24.5 Å². The van der Waals surface area contributed by atoms with E-state index in [1.165, 1.54) is 54.2 Å². The van der Waals surface area contributed by atoms with Gasteiger partial charge in [0.25, 0.3) is 11.4 Å². The molecule has 0 spiro atoms. The van der Waals surface area contributed by atoms with Crippen LogP contribution in [0.4, 0.5) is 26.8 Å². The van der Waals surface area contributed by atoms with Crippen LogP contribution in [-0.2, 0) is 55.6 Å². The van der Waals surface area contributed by atoms with Gasteiger partial charge in [-0.15, -0.1) is 0 Å². The SMILES string of the molecule is CC(=O)CCC(=O)OCCOCCO[C@H]1[C@@H](OC(=O)OCCc2ccc([N+](=O)[O-])cc2)[C@H](n2cnc3c(NC(=O)OCCc4ccc([N+](=O)[O-])cc4)ncnc32)O[C@@H]1CO. The Morgan fingerprint density at radius 3 is 2.05 bits per heavy atom. The molecular formula is C37H41N7O16. The standard InChI is InChI=1S/C37H41N7O16/c1-23(46)2-11-29(47)55-18-16-54-17-19-56-31-28(20-45)59-35(32(31)60-37(49)58-15-13-25-5-9-27(10-6-25)44(52)53)42-22-40-30-33(38-21-39-34(30)42)41-36(48)57-14-12-24-3-7-26(8-4-24)43(50)51/h3-10,21-22,28,31-32,35,45H,2,11-20H2,1H3,(H,38,39,41,48)/t28-,31-,32-,35-/m1/s1. The molecule has 4 atom stereocenters. The number of rotatable bonds is 22. The monoisotopic (exact) mass is 839 g/mol. The zero-order valence-corrected chi connectivity index (χ0v) is 32.1. The fourth-order valence-corrected chi connectivity index (χ4v) is 5.81. The Morgan fingerprint density at radius 1 is 0.800 bits per heavy atom. The van der Waals surface area contributed by atoms with Crippen molar-refractivity contribution in [3.8, 4) is 0 Å². The van der Waals surface area contributed by atoms with Crippen molar-refractivity contribution < 1.29 is 67.3 Å². The summed E-state index contributed by atoms with van der Waals surface area (Å²) in [7, 11) is 0. The number of esters is 1. The van der Waals surface area contributed by atoms with Crippen molar-refractivity contribution in [1.82, 2.24) is 19.5 Å². The summed E-state index contributed by atoms with van der Waals surface area (Å²) < 4.78 is 40.4. The average Bonchev–Trinajstić information content (AvgIpc) is 3.81. The Kier molecular flexibility index (Phi) is 16.2. The molecule has 23 nitrogen and oxygen atoms in total. The van der Waals surface area contributed by atoms with Crippen LogP contribution in [0.15, 0.2) is 61.2 Å². The third-order valence-corrected chi connectivity index (χ3v) is 8.79. The third-order valence-electron chi connectivity index (χ3n) is 8.79. The number of amides is 1. The summed E-state index contributed by atoms with van der Waals surface area (Å²) in [6, 6.07) is 11.5. The molecule has 4 aromatic rings. The molecule has 1 fully saturated rings. The molecule has 2 aromatic heterocycles. The number of benzene rings is 2. The van der Waals surface area contributed by atoms with Crippen LogP contribution in [0.25, 0.3) is 11.2 Å². The minimum atomic E-state index is -1.29. The fourth-order valence-electron chi connectivity index (χ4n) is 5.81. The van der Waals surface area contributed by atoms with Gasteiger partial charge in [0, 0.05) is 43.5 Å². The summed E-state index contributed by atoms with van der Waals surface area (Å²) in [6.45, 7) is 0.453. The lowest BCUT2D eigenvalue weighted by Gasteiger charge is -2.24. The second kappa shape index (κ2) is 21.9. The minimum absolute atomic E-state index is 0.00302. The van der Waals surface area contributed by atoms with E-state index < -0.39 is 59.2 Å². The molecule has 2 aromatic carbocycles. The summed E-state index contributed by atoms with van der Waals surface area (Å²) in [6.07, 6.45) is -3.70. The van der Waals surface area contributed by atoms with Crippen LogP contribution in [0.3, 0.4) is 0 Å². The number of fused-ring (bicyclic) bond motifs is 1. The number of ketones is 1. The molecular weight excluding hydrogens is 798 g/mol. The number of aliphatic hydroxyl groups is 1. The van der Waals surface area contributed by atoms with Crippen LogP contribution < -0.4 is 5.32 Å². The van der Waals surface area contributed by atoms with E-state index in [4.69, 9.17) is 33.2 Å². The Hall–Kier alpha value is -6.69. The first-order valence-corrected chi connectivity index (χ1v) is 18.5. The highest BCUT2D eigenvalue weighted by atomic mass is 16.7. The van der Waals surface area contributed by atoms with Crippen LogP contribution in [-0.4, -0.2) is 123 Å². The van der Waals surface area contributed by atoms with E-state index in [0.29, 0.717) is 11.1 Å². The van der Waals surface area contributed by atoms with Gasteiger partial charge in [0.2, 0.25) is 0 Å². The number of nitrogens with one attached hydrogen (secondary N) is 1. The number of carbonyl (C=O) groups excluding carboxylic acids is 4. The lowest BCUT2D eigenvalue weighted by Crippen LogP contribution is -2.40. The number of carbonyl (C=O) groups is 4. The van der Waals surface area contributed by atoms with Crippen molar-refractivity contribution in [3.05, 3.63) is 92.5 Å². The number of imidazole rings is 1. The van der Waals surface area contributed by atoms with Gasteiger partial charge in [0.05, 0.1) is 62.2 Å². The molecule has 320 valence electrons. The molecule has 23 heteroatoms. The maximum absolute atomic E-state index is 13.1. The Labute approximate surface area is 340 Å². The predicted molar refractivity (Wildman–Crippen MR) is 203 cm³/mol. The van der Waals surface area contributed by atoms with Crippen LogP contribution >= 0.6 is 0 Å². The van der Waals surface area contributed by atoms with Gasteiger partial charge < -0.3 is 43.1 Å². The number of nitrogens with zero attached hydrogens (tertiary/aromatic N) is 6. The summed E-state index contributed by atoms with van der Waals surface area (Å²) in [5, 5.41) is 34.7. The average molecular weight is 840 g/mol. The highest BCUT2D eigenvalue weighted by Crippen LogP contribution is 2.36. The highest BCUT2D eigenvalue weighted by molar-refractivity contribution is 5.93. The molecule has 5 rings (SSSR count). The number of hydrogen-bond acceptors (Lipinski definition) is 19. The van der Waals surface area contributed by atoms with Crippen LogP contribution in [0.5, 0.6) is 0 Å². The van der Waals surface area contributed by atoms with E-state index in [1.54, 1.807) is 12.1 Å². The summed E-state index contributed by atoms with van der Waals surface area (Å²) >= 11 is 0. The van der Waals surface area contributed by atoms with Crippen molar-refractivity contribution in [3.63, 3.8) is 0 Å². The number of non-ortho nitro benzene ring substituents is 2. The van der Waals surface area contributed by atoms with E-state index >= 15 is 0 Å². The second-order valence-electron chi connectivity index (χ2n) is 13.0. The number of aromatic nitrogens is 4. The highest BCUT2D eigenvalue weighted by Gasteiger charge is 2.49. The normalized spacial score (nSPS) is 17.2. The van der Waals surface area contributed by atoms with Crippen molar-refractivity contribution in [1.29, 1.82) is 0 Å². The molecule has 1 amide bonds. The fraction of sp³-hybridized carbons (Fsp3) is 0.432. The largest absolute Gasteiger partial charge is 0.508 e. The molecule has 1 saturated heterocycles. The van der Waals surface area contributed by atoms with E-state index in [0.717, 1.165) is 6.33 Å². The van der Waals surface area contributed by atoms with Gasteiger partial charge >= 0.3 is 18.2 Å². The van der Waals surface area contributed by atoms with Crippen molar-refractivity contribution in [2.45, 2.75) is 57.1 Å². The first kappa shape index (κ1) is 44.4. The van der Waals surface area contributed by atoms with Gasteiger partial charge in [0.1, 0.15) is 30.9 Å². The summed E-state index contributed by atoms with van der Waals surface area (Å²) in [5.41, 5.74) is 1.41. The van der Waals surface area contributed by atoms with Gasteiger partial charge in [-0.2, -0.15) is 0 Å². The molecule has 0 aliphatic carbocycles. The number of nitro groups is 2. The van der Waals surface area contributed by atoms with Crippen molar-refractivity contribution >= 4 is 52.4 Å². The third kappa shape index (κ3) is 12.7. The summed E-state index contributed by atoms with van der Waals surface area (Å²) in [4.78, 5) is 82.2. The van der Waals surface area contributed by atoms with E-state index in [9.17, 15) is 44.5 Å². The van der Waals surface area contributed by atoms with Crippen LogP contribution in [0.1, 0.15) is 37.1 Å². The predicted octanol–water partition coefficient (Wildman–Crippen LogP) is 3.40. The number of hydrogen-bond donors (Lipinski definition) is 2. The second-order valence-corrected chi connectivity index (χ2v) is 13.0. The van der Waals surface area contributed by atoms with Crippen molar-refractivity contribution in [2.75, 3.05) is 51.6 Å². The van der Waals surface area contributed by atoms with Gasteiger partial charge in [0.15, 0.2) is 29.3 Å². The molecule has 60 heavy (non-hydrogen) atoms. The topological polar surface area (TPSA) is 295 Å². The zero-order valence-electron chi connectivity index (χ0n) is 32.1. The molecule has 0 radical (unpaired) electrons. The smallest absolute Gasteiger partial charge is 0.463 e. The summed E-state index contributed by atoms with van der Waals surface area (Å²) in [5.74, 6) is -0.711. The van der Waals surface area contributed by atoms with E-state index in [2.05, 4.69) is 20.3 Å². The Bertz CT molecular complexity index is 2110. The van der Waals surface area contributed by atoms with Crippen molar-refractivity contribution in [2.24, 2.45) is 0 Å². The number of anilines is 1. The maximum Gasteiger partial charge on any atom is 0.508 e. The van der Waals surface area contributed by atoms with E-state index in [1.807, 2.05) is 0 Å². The molecule has 1 aliphatic rings. The molecule has 0 unspecified atom stereocenters. The first-order valence-electron chi connectivity index (χ1n) is 18.5. The molecule has 1 aliphatic heterocycles. The maximum atomic E-state index is 13.1. The molecule has 0 bridgehead atoms. The first-order chi connectivity index (χ1) is 28.9. The van der Waals surface area contributed by atoms with Crippen LogP contribution in [0, 0.1) is 20.2 Å². The number of ether oxygens (including phenoxy) is 7. The zero-order chi connectivity index (χ0) is 43.0. The lowest BCUT2D eigenvalue weighted by molar-refractivity contribution is -0.385. The number of aliphatic hydroxyl groups excluding tert-OH is 1. The quantitative estimate of drug-likeness (QED) is 0.0377. The van der Waals surface area contributed by atoms with Crippen LogP contribution in [0.2, 0.25) is 0 Å². The molecule has 3 heterocycles. The van der Waals surface area contributed by atoms with Gasteiger partial charge in [-0.3, -0.25) is 34.9 Å². The number of Topliss-reactive ketones (excluding diaryl/α,β-unsaturated/α-hetero) is 1. The molecule has 0 saturated carbocycles. The molecule has 2 N–H and O–H groups in total.